The number of aliphatic carboxylic acids is 1. The molecule has 2 rings (SSSR count). The highest BCUT2D eigenvalue weighted by molar-refractivity contribution is 5.92. The largest absolute Gasteiger partial charge is 0.507 e. The molecule has 0 spiro atoms. The third-order valence-corrected chi connectivity index (χ3v) is 2.02. The van der Waals surface area contributed by atoms with E-state index in [0.717, 1.165) is 12.3 Å². The summed E-state index contributed by atoms with van der Waals surface area (Å²) >= 11 is 0. The molecule has 76 valence electrons. The van der Waals surface area contributed by atoms with Crippen molar-refractivity contribution in [3.63, 3.8) is 0 Å². The van der Waals surface area contributed by atoms with Gasteiger partial charge < -0.3 is 14.9 Å². The van der Waals surface area contributed by atoms with E-state index in [1.807, 2.05) is 0 Å². The number of aliphatic hydroxyl groups is 1. The second kappa shape index (κ2) is 3.49. The molecule has 0 saturated carbocycles. The van der Waals surface area contributed by atoms with Crippen molar-refractivity contribution in [2.45, 2.75) is 0 Å². The summed E-state index contributed by atoms with van der Waals surface area (Å²) in [4.78, 5) is 10.7. The van der Waals surface area contributed by atoms with Gasteiger partial charge in [-0.25, -0.2) is 4.79 Å². The van der Waals surface area contributed by atoms with Crippen LogP contribution < -0.4 is 4.74 Å². The van der Waals surface area contributed by atoms with Crippen LogP contribution in [0, 0.1) is 0 Å². The fourth-order valence-corrected chi connectivity index (χ4v) is 1.28. The van der Waals surface area contributed by atoms with E-state index in [2.05, 4.69) is 0 Å². The van der Waals surface area contributed by atoms with Gasteiger partial charge in [0.1, 0.15) is 17.8 Å². The Labute approximate surface area is 85.7 Å². The van der Waals surface area contributed by atoms with Gasteiger partial charge in [0, 0.05) is 0 Å². The summed E-state index contributed by atoms with van der Waals surface area (Å²) in [6, 6.07) is 6.78. The quantitative estimate of drug-likeness (QED) is 0.733. The second-order valence-electron chi connectivity index (χ2n) is 3.02. The first-order valence-electron chi connectivity index (χ1n) is 4.28. The Morgan fingerprint density at radius 1 is 1.27 bits per heavy atom. The van der Waals surface area contributed by atoms with Crippen LogP contribution in [0.3, 0.4) is 0 Å². The summed E-state index contributed by atoms with van der Waals surface area (Å²) < 4.78 is 5.14. The Hall–Kier alpha value is -2.23. The Bertz CT molecular complexity index is 471. The standard InChI is InChI=1S/C11H8O4/c12-9-5-7(11(13)14)6-15-10-4-2-1-3-8(9)10/h1-6,12H,(H,13,14). The van der Waals surface area contributed by atoms with E-state index in [1.165, 1.54) is 0 Å². The zero-order valence-corrected chi connectivity index (χ0v) is 7.68. The van der Waals surface area contributed by atoms with Crippen LogP contribution in [-0.2, 0) is 4.79 Å². The van der Waals surface area contributed by atoms with Crippen LogP contribution in [0.4, 0.5) is 0 Å². The zero-order chi connectivity index (χ0) is 10.8. The molecular weight excluding hydrogens is 196 g/mol. The number of rotatable bonds is 1. The van der Waals surface area contributed by atoms with Crippen molar-refractivity contribution in [1.82, 2.24) is 0 Å². The van der Waals surface area contributed by atoms with Gasteiger partial charge in [-0.05, 0) is 18.2 Å². The molecule has 1 aromatic rings. The smallest absolute Gasteiger partial charge is 0.338 e. The Balaban J connectivity index is 2.52. The van der Waals surface area contributed by atoms with E-state index in [9.17, 15) is 9.90 Å². The van der Waals surface area contributed by atoms with Gasteiger partial charge in [0.25, 0.3) is 0 Å². The maximum Gasteiger partial charge on any atom is 0.338 e. The molecule has 0 unspecified atom stereocenters. The topological polar surface area (TPSA) is 66.8 Å². The lowest BCUT2D eigenvalue weighted by molar-refractivity contribution is -0.132. The number of hydrogen-bond acceptors (Lipinski definition) is 3. The van der Waals surface area contributed by atoms with Gasteiger partial charge in [-0.15, -0.1) is 0 Å². The molecule has 1 aliphatic rings. The molecule has 4 nitrogen and oxygen atoms in total. The third kappa shape index (κ3) is 1.69. The molecule has 1 aromatic carbocycles. The summed E-state index contributed by atoms with van der Waals surface area (Å²) in [5.41, 5.74) is 0.383. The molecule has 1 heterocycles. The molecule has 0 aliphatic carbocycles. The number of carbonyl (C=O) groups is 1. The third-order valence-electron chi connectivity index (χ3n) is 2.02. The molecule has 0 bridgehead atoms. The average Bonchev–Trinajstić information content (AvgIpc) is 2.39. The molecule has 1 aliphatic heterocycles. The minimum absolute atomic E-state index is 0.0938. The van der Waals surface area contributed by atoms with Crippen molar-refractivity contribution in [3.8, 4) is 5.75 Å². The van der Waals surface area contributed by atoms with Gasteiger partial charge >= 0.3 is 5.97 Å². The predicted octanol–water partition coefficient (Wildman–Crippen LogP) is 1.95. The van der Waals surface area contributed by atoms with Crippen molar-refractivity contribution < 1.29 is 19.7 Å². The number of para-hydroxylation sites is 1. The van der Waals surface area contributed by atoms with E-state index in [0.29, 0.717) is 11.3 Å². The molecule has 0 saturated heterocycles. The molecule has 0 aromatic heterocycles. The van der Waals surface area contributed by atoms with E-state index in [-0.39, 0.29) is 11.3 Å². The highest BCUT2D eigenvalue weighted by Gasteiger charge is 2.15. The fourth-order valence-electron chi connectivity index (χ4n) is 1.28. The fraction of sp³-hybridized carbons (Fsp3) is 0. The highest BCUT2D eigenvalue weighted by atomic mass is 16.5. The molecule has 15 heavy (non-hydrogen) atoms. The first-order valence-corrected chi connectivity index (χ1v) is 4.28. The molecular formula is C11H8O4. The minimum atomic E-state index is -1.14. The van der Waals surface area contributed by atoms with E-state index < -0.39 is 5.97 Å². The number of hydrogen-bond donors (Lipinski definition) is 2. The molecule has 4 heteroatoms. The summed E-state index contributed by atoms with van der Waals surface area (Å²) in [7, 11) is 0. The number of fused-ring (bicyclic) bond motifs is 1. The number of ether oxygens (including phenoxy) is 1. The molecule has 0 fully saturated rings. The summed E-state index contributed by atoms with van der Waals surface area (Å²) in [5, 5.41) is 18.4. The monoisotopic (exact) mass is 204 g/mol. The van der Waals surface area contributed by atoms with Crippen LogP contribution in [0.5, 0.6) is 5.75 Å². The van der Waals surface area contributed by atoms with Gasteiger partial charge in [0.05, 0.1) is 11.1 Å². The molecule has 0 amide bonds. The number of benzene rings is 1. The number of aliphatic hydroxyl groups excluding tert-OH is 1. The van der Waals surface area contributed by atoms with Crippen LogP contribution in [0.25, 0.3) is 5.76 Å². The maximum absolute atomic E-state index is 10.7. The summed E-state index contributed by atoms with van der Waals surface area (Å²) in [5.74, 6) is -0.825. The van der Waals surface area contributed by atoms with Crippen LogP contribution in [-0.4, -0.2) is 16.2 Å². The van der Waals surface area contributed by atoms with Gasteiger partial charge in [-0.2, -0.15) is 0 Å². The van der Waals surface area contributed by atoms with Crippen molar-refractivity contribution in [3.05, 3.63) is 47.7 Å². The van der Waals surface area contributed by atoms with E-state index in [4.69, 9.17) is 9.84 Å². The molecule has 0 radical (unpaired) electrons. The predicted molar refractivity (Wildman–Crippen MR) is 53.4 cm³/mol. The average molecular weight is 204 g/mol. The van der Waals surface area contributed by atoms with Crippen molar-refractivity contribution in [2.24, 2.45) is 0 Å². The normalized spacial score (nSPS) is 14.1. The Kier molecular flexibility index (Phi) is 2.17. The van der Waals surface area contributed by atoms with Crippen LogP contribution in [0.1, 0.15) is 5.56 Å². The van der Waals surface area contributed by atoms with E-state index >= 15 is 0 Å². The first kappa shape index (κ1) is 9.33. The zero-order valence-electron chi connectivity index (χ0n) is 7.68. The van der Waals surface area contributed by atoms with Crippen molar-refractivity contribution >= 4 is 11.7 Å². The SMILES string of the molecule is O=C(O)C1=COc2ccccc2C(O)=C1. The van der Waals surface area contributed by atoms with Crippen molar-refractivity contribution in [2.75, 3.05) is 0 Å². The molecule has 2 N–H and O–H groups in total. The second-order valence-corrected chi connectivity index (χ2v) is 3.02. The summed E-state index contributed by atoms with van der Waals surface area (Å²) in [6.45, 7) is 0. The molecule has 0 atom stereocenters. The first-order chi connectivity index (χ1) is 7.18. The lowest BCUT2D eigenvalue weighted by Crippen LogP contribution is -1.98. The highest BCUT2D eigenvalue weighted by Crippen LogP contribution is 2.28. The van der Waals surface area contributed by atoms with Gasteiger partial charge in [0.15, 0.2) is 0 Å². The minimum Gasteiger partial charge on any atom is -0.507 e. The number of carboxylic acids is 1. The van der Waals surface area contributed by atoms with Gasteiger partial charge in [0.2, 0.25) is 0 Å². The summed E-state index contributed by atoms with van der Waals surface area (Å²) in [6.07, 6.45) is 2.26. The maximum atomic E-state index is 10.7. The number of carboxylic acid groups (broad SMARTS) is 1. The van der Waals surface area contributed by atoms with Crippen molar-refractivity contribution in [1.29, 1.82) is 0 Å². The van der Waals surface area contributed by atoms with Crippen LogP contribution in [0.2, 0.25) is 0 Å². The lowest BCUT2D eigenvalue weighted by Gasteiger charge is -2.03. The van der Waals surface area contributed by atoms with Gasteiger partial charge in [-0.1, -0.05) is 12.1 Å². The Morgan fingerprint density at radius 3 is 2.73 bits per heavy atom. The lowest BCUT2D eigenvalue weighted by atomic mass is 10.1. The van der Waals surface area contributed by atoms with Crippen LogP contribution in [0.15, 0.2) is 42.2 Å². The van der Waals surface area contributed by atoms with Crippen LogP contribution >= 0.6 is 0 Å². The van der Waals surface area contributed by atoms with Gasteiger partial charge in [-0.3, -0.25) is 0 Å². The Morgan fingerprint density at radius 2 is 2.00 bits per heavy atom. The van der Waals surface area contributed by atoms with E-state index in [1.54, 1.807) is 24.3 Å².